The molecular weight excluding hydrogens is 430 g/mol. The molecule has 6 nitrogen and oxygen atoms in total. The summed E-state index contributed by atoms with van der Waals surface area (Å²) in [5.74, 6) is 0.470. The molecule has 3 aliphatic rings. The molecule has 1 saturated carbocycles. The molecule has 1 aliphatic heterocycles. The Morgan fingerprint density at radius 2 is 1.76 bits per heavy atom. The van der Waals surface area contributed by atoms with Crippen LogP contribution >= 0.6 is 0 Å². The van der Waals surface area contributed by atoms with Crippen molar-refractivity contribution < 1.29 is 24.2 Å². The number of carbonyl (C=O) groups is 3. The van der Waals surface area contributed by atoms with Gasteiger partial charge in [-0.2, -0.15) is 0 Å². The van der Waals surface area contributed by atoms with Crippen molar-refractivity contribution in [2.45, 2.75) is 72.3 Å². The van der Waals surface area contributed by atoms with Crippen LogP contribution in [-0.2, 0) is 20.7 Å². The molecule has 2 fully saturated rings. The molecule has 0 unspecified atom stereocenters. The second-order valence-corrected chi connectivity index (χ2v) is 10.5. The first kappa shape index (κ1) is 26.0. The SMILES string of the molecule is CC1=CC[C@@H](C(=O)N2C(=O)OC[C@H]2Cc2ccccc2)[C@H](C)C1.C[C@@H]1CC[C@@H](C(=O)O)[C@H](C)C1. The number of carboxylic acids is 1. The standard InChI is InChI=1S/C19H23NO3.C9H16O2/c1-13-8-9-17(14(2)10-13)18(21)20-16(12-23-19(20)22)11-15-6-4-3-5-7-15;1-6-3-4-8(9(10)11)7(2)5-6/h3-8,14,16-17H,9-12H2,1-2H3;6-8H,3-5H2,1-2H3,(H,10,11)/t14-,16-,17-;6-,7-,8-/m11/s1. The summed E-state index contributed by atoms with van der Waals surface area (Å²) < 4.78 is 5.17. The fourth-order valence-electron chi connectivity index (χ4n) is 5.62. The Kier molecular flexibility index (Phi) is 8.92. The number of cyclic esters (lactones) is 1. The van der Waals surface area contributed by atoms with E-state index < -0.39 is 12.1 Å². The van der Waals surface area contributed by atoms with Crippen LogP contribution in [0.3, 0.4) is 0 Å². The predicted molar refractivity (Wildman–Crippen MR) is 131 cm³/mol. The van der Waals surface area contributed by atoms with Crippen molar-refractivity contribution in [3.8, 4) is 0 Å². The van der Waals surface area contributed by atoms with Gasteiger partial charge in [-0.3, -0.25) is 9.59 Å². The number of hydrogen-bond acceptors (Lipinski definition) is 4. The van der Waals surface area contributed by atoms with Gasteiger partial charge in [-0.25, -0.2) is 9.69 Å². The Hall–Kier alpha value is -2.63. The number of carboxylic acid groups (broad SMARTS) is 1. The third kappa shape index (κ3) is 6.49. The molecule has 1 saturated heterocycles. The van der Waals surface area contributed by atoms with Crippen LogP contribution in [0.5, 0.6) is 0 Å². The Morgan fingerprint density at radius 3 is 2.38 bits per heavy atom. The van der Waals surface area contributed by atoms with Crippen LogP contribution in [0.15, 0.2) is 42.0 Å². The second-order valence-electron chi connectivity index (χ2n) is 10.5. The maximum Gasteiger partial charge on any atom is 0.416 e. The van der Waals surface area contributed by atoms with E-state index in [1.165, 1.54) is 10.5 Å². The van der Waals surface area contributed by atoms with Crippen molar-refractivity contribution in [2.24, 2.45) is 29.6 Å². The molecule has 1 heterocycles. The van der Waals surface area contributed by atoms with Crippen LogP contribution in [0, 0.1) is 29.6 Å². The van der Waals surface area contributed by atoms with E-state index in [4.69, 9.17) is 9.84 Å². The van der Waals surface area contributed by atoms with E-state index in [0.717, 1.165) is 37.2 Å². The van der Waals surface area contributed by atoms with Gasteiger partial charge in [0.15, 0.2) is 0 Å². The lowest BCUT2D eigenvalue weighted by atomic mass is 9.76. The van der Waals surface area contributed by atoms with Crippen LogP contribution in [0.25, 0.3) is 0 Å². The maximum absolute atomic E-state index is 12.9. The van der Waals surface area contributed by atoms with Crippen LogP contribution in [0.1, 0.15) is 65.4 Å². The van der Waals surface area contributed by atoms with Gasteiger partial charge in [-0.05, 0) is 68.8 Å². The van der Waals surface area contributed by atoms with Gasteiger partial charge < -0.3 is 9.84 Å². The topological polar surface area (TPSA) is 83.9 Å². The molecule has 4 rings (SSSR count). The van der Waals surface area contributed by atoms with Crippen molar-refractivity contribution in [2.75, 3.05) is 6.61 Å². The van der Waals surface area contributed by atoms with Crippen LogP contribution in [0.2, 0.25) is 0 Å². The Morgan fingerprint density at radius 1 is 1.06 bits per heavy atom. The normalized spacial score (nSPS) is 31.1. The predicted octanol–water partition coefficient (Wildman–Crippen LogP) is 5.71. The number of benzene rings is 1. The summed E-state index contributed by atoms with van der Waals surface area (Å²) in [5, 5.41) is 8.79. The molecule has 1 aromatic carbocycles. The average molecular weight is 470 g/mol. The third-order valence-corrected chi connectivity index (χ3v) is 7.63. The molecule has 34 heavy (non-hydrogen) atoms. The largest absolute Gasteiger partial charge is 0.481 e. The highest BCUT2D eigenvalue weighted by molar-refractivity contribution is 5.95. The van der Waals surface area contributed by atoms with Crippen LogP contribution < -0.4 is 0 Å². The maximum atomic E-state index is 12.9. The molecule has 0 spiro atoms. The van der Waals surface area contributed by atoms with Crippen molar-refractivity contribution in [3.05, 3.63) is 47.5 Å². The molecule has 1 aromatic rings. The molecule has 2 amide bonds. The first-order valence-electron chi connectivity index (χ1n) is 12.6. The Bertz CT molecular complexity index is 895. The summed E-state index contributed by atoms with van der Waals surface area (Å²) in [7, 11) is 0. The summed E-state index contributed by atoms with van der Waals surface area (Å²) in [4.78, 5) is 37.1. The lowest BCUT2D eigenvalue weighted by Crippen LogP contribution is -2.45. The van der Waals surface area contributed by atoms with Crippen molar-refractivity contribution in [3.63, 3.8) is 0 Å². The summed E-state index contributed by atoms with van der Waals surface area (Å²) in [5.41, 5.74) is 2.44. The van der Waals surface area contributed by atoms with Gasteiger partial charge in [-0.1, -0.05) is 62.8 Å². The molecule has 0 bridgehead atoms. The quantitative estimate of drug-likeness (QED) is 0.571. The van der Waals surface area contributed by atoms with Gasteiger partial charge in [0.05, 0.1) is 12.0 Å². The molecule has 1 N–H and O–H groups in total. The van der Waals surface area contributed by atoms with Gasteiger partial charge in [0, 0.05) is 5.92 Å². The van der Waals surface area contributed by atoms with Gasteiger partial charge in [0.2, 0.25) is 5.91 Å². The van der Waals surface area contributed by atoms with E-state index in [1.54, 1.807) is 0 Å². The van der Waals surface area contributed by atoms with Gasteiger partial charge in [0.25, 0.3) is 0 Å². The molecule has 6 heteroatoms. The molecule has 0 radical (unpaired) electrons. The lowest BCUT2D eigenvalue weighted by Gasteiger charge is -2.30. The summed E-state index contributed by atoms with van der Waals surface area (Å²) >= 11 is 0. The van der Waals surface area contributed by atoms with E-state index in [0.29, 0.717) is 18.8 Å². The number of carbonyl (C=O) groups excluding carboxylic acids is 2. The minimum absolute atomic E-state index is 0.0776. The fraction of sp³-hybridized carbons (Fsp3) is 0.607. The lowest BCUT2D eigenvalue weighted by molar-refractivity contribution is -0.145. The number of imide groups is 1. The highest BCUT2D eigenvalue weighted by atomic mass is 16.6. The van der Waals surface area contributed by atoms with Crippen molar-refractivity contribution >= 4 is 18.0 Å². The zero-order valence-corrected chi connectivity index (χ0v) is 20.9. The number of rotatable bonds is 4. The number of aliphatic carboxylic acids is 1. The Balaban J connectivity index is 0.000000248. The number of hydrogen-bond donors (Lipinski definition) is 1. The Labute approximate surface area is 203 Å². The first-order valence-corrected chi connectivity index (χ1v) is 12.6. The summed E-state index contributed by atoms with van der Waals surface area (Å²) in [6.45, 7) is 8.73. The minimum Gasteiger partial charge on any atom is -0.481 e. The molecule has 6 atom stereocenters. The highest BCUT2D eigenvalue weighted by Crippen LogP contribution is 2.34. The number of ether oxygens (including phenoxy) is 1. The zero-order chi connectivity index (χ0) is 24.8. The van der Waals surface area contributed by atoms with E-state index in [9.17, 15) is 14.4 Å². The van der Waals surface area contributed by atoms with Crippen LogP contribution in [0.4, 0.5) is 4.79 Å². The number of amides is 2. The third-order valence-electron chi connectivity index (χ3n) is 7.63. The van der Waals surface area contributed by atoms with E-state index in [2.05, 4.69) is 33.8 Å². The van der Waals surface area contributed by atoms with E-state index in [-0.39, 0.29) is 36.3 Å². The van der Waals surface area contributed by atoms with Crippen LogP contribution in [-0.4, -0.2) is 40.6 Å². The second kappa shape index (κ2) is 11.7. The zero-order valence-electron chi connectivity index (χ0n) is 20.9. The molecular formula is C28H39NO5. The monoisotopic (exact) mass is 469 g/mol. The fourth-order valence-corrected chi connectivity index (χ4v) is 5.62. The summed E-state index contributed by atoms with van der Waals surface area (Å²) in [6.07, 6.45) is 6.95. The van der Waals surface area contributed by atoms with Crippen molar-refractivity contribution in [1.82, 2.24) is 4.90 Å². The first-order chi connectivity index (χ1) is 16.2. The number of allylic oxidation sites excluding steroid dienone is 2. The number of nitrogens with zero attached hydrogens (tertiary/aromatic N) is 1. The van der Waals surface area contributed by atoms with Gasteiger partial charge in [0.1, 0.15) is 6.61 Å². The molecule has 0 aromatic heterocycles. The van der Waals surface area contributed by atoms with Gasteiger partial charge >= 0.3 is 12.1 Å². The highest BCUT2D eigenvalue weighted by Gasteiger charge is 2.42. The van der Waals surface area contributed by atoms with Gasteiger partial charge in [-0.15, -0.1) is 0 Å². The smallest absolute Gasteiger partial charge is 0.416 e. The average Bonchev–Trinajstić information content (AvgIpc) is 3.14. The molecule has 186 valence electrons. The van der Waals surface area contributed by atoms with E-state index in [1.807, 2.05) is 30.3 Å². The molecule has 2 aliphatic carbocycles. The summed E-state index contributed by atoms with van der Waals surface area (Å²) in [6, 6.07) is 9.73. The van der Waals surface area contributed by atoms with E-state index >= 15 is 0 Å². The minimum atomic E-state index is -0.607. The van der Waals surface area contributed by atoms with Crippen molar-refractivity contribution in [1.29, 1.82) is 0 Å².